The van der Waals surface area contributed by atoms with Crippen LogP contribution in [-0.4, -0.2) is 34.1 Å². The average Bonchev–Trinajstić information content (AvgIpc) is 2.43. The zero-order chi connectivity index (χ0) is 15.8. The summed E-state index contributed by atoms with van der Waals surface area (Å²) in [6, 6.07) is 6.99. The van der Waals surface area contributed by atoms with Crippen molar-refractivity contribution in [2.45, 2.75) is 25.3 Å². The number of rotatable bonds is 7. The van der Waals surface area contributed by atoms with E-state index in [1.165, 1.54) is 6.07 Å². The van der Waals surface area contributed by atoms with E-state index in [4.69, 9.17) is 15.5 Å². The number of carbonyl (C=O) groups excluding carboxylic acids is 1. The molecule has 1 aromatic carbocycles. The van der Waals surface area contributed by atoms with Crippen LogP contribution in [0.3, 0.4) is 0 Å². The van der Waals surface area contributed by atoms with Gasteiger partial charge in [-0.15, -0.1) is 0 Å². The SMILES string of the molecule is N#CCc1ccccc1C(=O)NC(CCC(=O)O)C(=O)O. The van der Waals surface area contributed by atoms with Crippen LogP contribution in [0.15, 0.2) is 24.3 Å². The van der Waals surface area contributed by atoms with Gasteiger partial charge in [-0.05, 0) is 18.1 Å². The molecule has 0 aliphatic rings. The molecule has 0 aromatic heterocycles. The van der Waals surface area contributed by atoms with Gasteiger partial charge in [0.2, 0.25) is 0 Å². The molecule has 1 rings (SSSR count). The number of nitrogens with zero attached hydrogens (tertiary/aromatic N) is 1. The van der Waals surface area contributed by atoms with Crippen LogP contribution in [0, 0.1) is 11.3 Å². The summed E-state index contributed by atoms with van der Waals surface area (Å²) in [7, 11) is 0. The molecule has 1 unspecified atom stereocenters. The standard InChI is InChI=1S/C14H14N2O5/c15-8-7-9-3-1-2-4-10(9)13(19)16-11(14(20)21)5-6-12(17)18/h1-4,11H,5-7H2,(H,16,19)(H,17,18)(H,20,21). The van der Waals surface area contributed by atoms with Crippen LogP contribution in [0.1, 0.15) is 28.8 Å². The van der Waals surface area contributed by atoms with Crippen LogP contribution >= 0.6 is 0 Å². The minimum atomic E-state index is -1.30. The minimum Gasteiger partial charge on any atom is -0.481 e. The van der Waals surface area contributed by atoms with Crippen LogP contribution < -0.4 is 5.32 Å². The van der Waals surface area contributed by atoms with Gasteiger partial charge in [0.15, 0.2) is 0 Å². The summed E-state index contributed by atoms with van der Waals surface area (Å²) in [6.45, 7) is 0. The molecule has 21 heavy (non-hydrogen) atoms. The van der Waals surface area contributed by atoms with E-state index in [2.05, 4.69) is 5.32 Å². The molecule has 0 radical (unpaired) electrons. The number of hydrogen-bond donors (Lipinski definition) is 3. The molecule has 0 bridgehead atoms. The third-order valence-corrected chi connectivity index (χ3v) is 2.78. The second-order valence-corrected chi connectivity index (χ2v) is 4.29. The lowest BCUT2D eigenvalue weighted by Gasteiger charge is -2.14. The number of carboxylic acid groups (broad SMARTS) is 2. The predicted molar refractivity (Wildman–Crippen MR) is 71.5 cm³/mol. The lowest BCUT2D eigenvalue weighted by atomic mass is 10.0. The first-order valence-electron chi connectivity index (χ1n) is 6.16. The number of nitriles is 1. The van der Waals surface area contributed by atoms with Crippen molar-refractivity contribution in [1.82, 2.24) is 5.32 Å². The average molecular weight is 290 g/mol. The fraction of sp³-hybridized carbons (Fsp3) is 0.286. The Labute approximate surface area is 120 Å². The summed E-state index contributed by atoms with van der Waals surface area (Å²) < 4.78 is 0. The molecule has 0 heterocycles. The lowest BCUT2D eigenvalue weighted by Crippen LogP contribution is -2.41. The van der Waals surface area contributed by atoms with Gasteiger partial charge in [0.25, 0.3) is 5.91 Å². The molecule has 1 atom stereocenters. The normalized spacial score (nSPS) is 11.2. The first-order valence-corrected chi connectivity index (χ1v) is 6.16. The first kappa shape index (κ1) is 16.2. The maximum Gasteiger partial charge on any atom is 0.326 e. The summed E-state index contributed by atoms with van der Waals surface area (Å²) in [5, 5.41) is 28.5. The van der Waals surface area contributed by atoms with Gasteiger partial charge < -0.3 is 15.5 Å². The van der Waals surface area contributed by atoms with Gasteiger partial charge in [-0.1, -0.05) is 18.2 Å². The smallest absolute Gasteiger partial charge is 0.326 e. The molecule has 0 saturated carbocycles. The van der Waals surface area contributed by atoms with E-state index in [0.717, 1.165) is 0 Å². The highest BCUT2D eigenvalue weighted by Gasteiger charge is 2.22. The number of hydrogen-bond acceptors (Lipinski definition) is 4. The lowest BCUT2D eigenvalue weighted by molar-refractivity contribution is -0.140. The molecule has 3 N–H and O–H groups in total. The summed E-state index contributed by atoms with van der Waals surface area (Å²) in [5.74, 6) is -3.08. The van der Waals surface area contributed by atoms with Crippen molar-refractivity contribution in [3.05, 3.63) is 35.4 Å². The van der Waals surface area contributed by atoms with E-state index in [0.29, 0.717) is 5.56 Å². The van der Waals surface area contributed by atoms with Crippen LogP contribution in [0.5, 0.6) is 0 Å². The molecule has 0 aliphatic heterocycles. The first-order chi connectivity index (χ1) is 9.95. The number of carbonyl (C=O) groups is 3. The monoisotopic (exact) mass is 290 g/mol. The topological polar surface area (TPSA) is 127 Å². The second-order valence-electron chi connectivity index (χ2n) is 4.29. The van der Waals surface area contributed by atoms with Gasteiger partial charge in [0.1, 0.15) is 6.04 Å². The Morgan fingerprint density at radius 1 is 1.24 bits per heavy atom. The Morgan fingerprint density at radius 2 is 1.90 bits per heavy atom. The van der Waals surface area contributed by atoms with Gasteiger partial charge in [-0.25, -0.2) is 4.79 Å². The molecule has 1 amide bonds. The van der Waals surface area contributed by atoms with Gasteiger partial charge >= 0.3 is 11.9 Å². The minimum absolute atomic E-state index is 0.0243. The van der Waals surface area contributed by atoms with E-state index in [1.54, 1.807) is 18.2 Å². The van der Waals surface area contributed by atoms with Crippen molar-refractivity contribution in [2.24, 2.45) is 0 Å². The molecule has 0 aliphatic carbocycles. The van der Waals surface area contributed by atoms with E-state index < -0.39 is 23.9 Å². The van der Waals surface area contributed by atoms with Gasteiger partial charge in [-0.2, -0.15) is 5.26 Å². The Morgan fingerprint density at radius 3 is 2.48 bits per heavy atom. The Balaban J connectivity index is 2.85. The number of benzene rings is 1. The third-order valence-electron chi connectivity index (χ3n) is 2.78. The van der Waals surface area contributed by atoms with E-state index in [-0.39, 0.29) is 24.8 Å². The van der Waals surface area contributed by atoms with Crippen molar-refractivity contribution >= 4 is 17.8 Å². The zero-order valence-corrected chi connectivity index (χ0v) is 11.1. The van der Waals surface area contributed by atoms with Gasteiger partial charge in [0.05, 0.1) is 12.5 Å². The van der Waals surface area contributed by atoms with Gasteiger partial charge in [0, 0.05) is 12.0 Å². The van der Waals surface area contributed by atoms with Crippen molar-refractivity contribution in [2.75, 3.05) is 0 Å². The summed E-state index contributed by atoms with van der Waals surface area (Å²) >= 11 is 0. The number of nitrogens with one attached hydrogen (secondary N) is 1. The molecular formula is C14H14N2O5. The van der Waals surface area contributed by atoms with Crippen LogP contribution in [0.4, 0.5) is 0 Å². The highest BCUT2D eigenvalue weighted by atomic mass is 16.4. The Bertz CT molecular complexity index is 591. The third kappa shape index (κ3) is 4.95. The maximum absolute atomic E-state index is 12.1. The molecule has 0 saturated heterocycles. The number of carboxylic acids is 2. The Kier molecular flexibility index (Phi) is 5.89. The van der Waals surface area contributed by atoms with Crippen molar-refractivity contribution in [3.63, 3.8) is 0 Å². The molecule has 7 nitrogen and oxygen atoms in total. The van der Waals surface area contributed by atoms with E-state index in [9.17, 15) is 14.4 Å². The summed E-state index contributed by atoms with van der Waals surface area (Å²) in [6.07, 6.45) is -0.551. The van der Waals surface area contributed by atoms with Crippen LogP contribution in [-0.2, 0) is 16.0 Å². The molecular weight excluding hydrogens is 276 g/mol. The largest absolute Gasteiger partial charge is 0.481 e. The zero-order valence-electron chi connectivity index (χ0n) is 11.1. The number of amides is 1. The maximum atomic E-state index is 12.1. The molecule has 0 fully saturated rings. The molecule has 0 spiro atoms. The summed E-state index contributed by atoms with van der Waals surface area (Å²) in [5.41, 5.74) is 0.695. The van der Waals surface area contributed by atoms with Crippen molar-refractivity contribution in [1.29, 1.82) is 5.26 Å². The number of aliphatic carboxylic acids is 2. The molecule has 110 valence electrons. The van der Waals surface area contributed by atoms with Crippen molar-refractivity contribution < 1.29 is 24.6 Å². The molecule has 7 heteroatoms. The van der Waals surface area contributed by atoms with Crippen molar-refractivity contribution in [3.8, 4) is 6.07 Å². The van der Waals surface area contributed by atoms with E-state index in [1.807, 2.05) is 6.07 Å². The quantitative estimate of drug-likeness (QED) is 0.681. The molecule has 1 aromatic rings. The fourth-order valence-electron chi connectivity index (χ4n) is 1.74. The van der Waals surface area contributed by atoms with Crippen LogP contribution in [0.25, 0.3) is 0 Å². The van der Waals surface area contributed by atoms with Gasteiger partial charge in [-0.3, -0.25) is 9.59 Å². The Hall–Kier alpha value is -2.88. The predicted octanol–water partition coefficient (Wildman–Crippen LogP) is 0.800. The fourth-order valence-corrected chi connectivity index (χ4v) is 1.74. The van der Waals surface area contributed by atoms with Crippen LogP contribution in [0.2, 0.25) is 0 Å². The van der Waals surface area contributed by atoms with E-state index >= 15 is 0 Å². The second kappa shape index (κ2) is 7.65. The summed E-state index contributed by atoms with van der Waals surface area (Å²) in [4.78, 5) is 33.6. The highest BCUT2D eigenvalue weighted by molar-refractivity contribution is 5.98. The highest BCUT2D eigenvalue weighted by Crippen LogP contribution is 2.10.